The van der Waals surface area contributed by atoms with E-state index in [-0.39, 0.29) is 17.7 Å². The van der Waals surface area contributed by atoms with Crippen LogP contribution in [0.15, 0.2) is 30.3 Å². The van der Waals surface area contributed by atoms with Gasteiger partial charge in [-0.15, -0.1) is 0 Å². The van der Waals surface area contributed by atoms with Crippen LogP contribution in [0.4, 0.5) is 4.79 Å². The summed E-state index contributed by atoms with van der Waals surface area (Å²) in [6, 6.07) is 8.43. The number of amides is 4. The highest BCUT2D eigenvalue weighted by molar-refractivity contribution is 5.86. The van der Waals surface area contributed by atoms with Gasteiger partial charge in [-0.3, -0.25) is 9.59 Å². The summed E-state index contributed by atoms with van der Waals surface area (Å²) in [4.78, 5) is 35.0. The molecular formula is C17H26N4O3. The van der Waals surface area contributed by atoms with Crippen molar-refractivity contribution >= 4 is 17.8 Å². The van der Waals surface area contributed by atoms with Gasteiger partial charge in [0.15, 0.2) is 0 Å². The Labute approximate surface area is 142 Å². The van der Waals surface area contributed by atoms with Gasteiger partial charge < -0.3 is 21.3 Å². The molecule has 132 valence electrons. The molecule has 1 atom stereocenters. The molecule has 1 aromatic carbocycles. The summed E-state index contributed by atoms with van der Waals surface area (Å²) < 4.78 is 0. The Morgan fingerprint density at radius 2 is 1.50 bits per heavy atom. The highest BCUT2D eigenvalue weighted by atomic mass is 16.2. The molecule has 0 saturated heterocycles. The molecule has 0 spiro atoms. The van der Waals surface area contributed by atoms with Gasteiger partial charge in [-0.05, 0) is 12.5 Å². The van der Waals surface area contributed by atoms with Gasteiger partial charge in [-0.25, -0.2) is 4.79 Å². The normalized spacial score (nSPS) is 11.5. The predicted octanol–water partition coefficient (Wildman–Crippen LogP) is 0.763. The maximum atomic E-state index is 11.9. The Kier molecular flexibility index (Phi) is 8.32. The molecule has 0 aliphatic heterocycles. The minimum Gasteiger partial charge on any atom is -0.354 e. The number of rotatable bonds is 8. The number of carbonyl (C=O) groups is 3. The zero-order chi connectivity index (χ0) is 17.9. The lowest BCUT2D eigenvalue weighted by Gasteiger charge is -2.15. The summed E-state index contributed by atoms with van der Waals surface area (Å²) in [5, 5.41) is 10.6. The molecule has 0 heterocycles. The summed E-state index contributed by atoms with van der Waals surface area (Å²) in [5.74, 6) is -0.417. The van der Waals surface area contributed by atoms with Crippen molar-refractivity contribution in [2.45, 2.75) is 33.4 Å². The molecule has 0 unspecified atom stereocenters. The van der Waals surface area contributed by atoms with Crippen molar-refractivity contribution in [2.24, 2.45) is 5.92 Å². The van der Waals surface area contributed by atoms with Crippen LogP contribution in [0.2, 0.25) is 0 Å². The van der Waals surface area contributed by atoms with E-state index < -0.39 is 12.1 Å². The SMILES string of the molecule is CC(C)C(=O)NCCNC(=O)N[C@H](C)C(=O)NCc1ccccc1. The second kappa shape index (κ2) is 10.3. The molecule has 7 nitrogen and oxygen atoms in total. The number of benzene rings is 1. The van der Waals surface area contributed by atoms with E-state index in [1.54, 1.807) is 20.8 Å². The van der Waals surface area contributed by atoms with Crippen molar-refractivity contribution < 1.29 is 14.4 Å². The minimum absolute atomic E-state index is 0.0640. The van der Waals surface area contributed by atoms with Crippen molar-refractivity contribution in [3.8, 4) is 0 Å². The summed E-state index contributed by atoms with van der Waals surface area (Å²) in [6.45, 7) is 6.26. The quantitative estimate of drug-likeness (QED) is 0.528. The molecule has 4 N–H and O–H groups in total. The third kappa shape index (κ3) is 7.62. The molecule has 7 heteroatoms. The number of nitrogens with one attached hydrogen (secondary N) is 4. The first-order valence-corrected chi connectivity index (χ1v) is 8.04. The van der Waals surface area contributed by atoms with E-state index in [1.807, 2.05) is 30.3 Å². The highest BCUT2D eigenvalue weighted by Gasteiger charge is 2.14. The van der Waals surface area contributed by atoms with Gasteiger partial charge in [0.2, 0.25) is 11.8 Å². The zero-order valence-electron chi connectivity index (χ0n) is 14.4. The monoisotopic (exact) mass is 334 g/mol. The molecule has 24 heavy (non-hydrogen) atoms. The number of hydrogen-bond acceptors (Lipinski definition) is 3. The van der Waals surface area contributed by atoms with Crippen molar-refractivity contribution in [1.29, 1.82) is 0 Å². The fourth-order valence-corrected chi connectivity index (χ4v) is 1.82. The first kappa shape index (κ1) is 19.5. The third-order valence-electron chi connectivity index (χ3n) is 3.28. The molecule has 0 aliphatic rings. The Morgan fingerprint density at radius 3 is 2.12 bits per heavy atom. The standard InChI is InChI=1S/C17H26N4O3/c1-12(2)15(22)18-9-10-19-17(24)21-13(3)16(23)20-11-14-7-5-4-6-8-14/h4-8,12-13H,9-11H2,1-3H3,(H,18,22)(H,20,23)(H2,19,21,24)/t13-/m1/s1. The number of hydrogen-bond donors (Lipinski definition) is 4. The molecule has 0 radical (unpaired) electrons. The molecule has 0 fully saturated rings. The Balaban J connectivity index is 2.20. The highest BCUT2D eigenvalue weighted by Crippen LogP contribution is 1.97. The summed E-state index contributed by atoms with van der Waals surface area (Å²) >= 11 is 0. The average molecular weight is 334 g/mol. The average Bonchev–Trinajstić information content (AvgIpc) is 2.57. The molecule has 1 aromatic rings. The summed E-state index contributed by atoms with van der Waals surface area (Å²) in [7, 11) is 0. The molecule has 4 amide bonds. The van der Waals surface area contributed by atoms with Crippen LogP contribution < -0.4 is 21.3 Å². The molecule has 0 saturated carbocycles. The van der Waals surface area contributed by atoms with E-state index in [4.69, 9.17) is 0 Å². The summed E-state index contributed by atoms with van der Waals surface area (Å²) in [6.07, 6.45) is 0. The second-order valence-corrected chi connectivity index (χ2v) is 5.77. The van der Waals surface area contributed by atoms with Gasteiger partial charge in [-0.2, -0.15) is 0 Å². The van der Waals surface area contributed by atoms with E-state index in [1.165, 1.54) is 0 Å². The van der Waals surface area contributed by atoms with E-state index in [0.717, 1.165) is 5.56 Å². The topological polar surface area (TPSA) is 99.3 Å². The maximum absolute atomic E-state index is 11.9. The lowest BCUT2D eigenvalue weighted by atomic mass is 10.2. The van der Waals surface area contributed by atoms with Crippen molar-refractivity contribution in [2.75, 3.05) is 13.1 Å². The first-order valence-electron chi connectivity index (χ1n) is 8.04. The molecule has 0 aliphatic carbocycles. The van der Waals surface area contributed by atoms with E-state index in [2.05, 4.69) is 21.3 Å². The molecular weight excluding hydrogens is 308 g/mol. The molecule has 0 aromatic heterocycles. The maximum Gasteiger partial charge on any atom is 0.315 e. The van der Waals surface area contributed by atoms with Crippen LogP contribution >= 0.6 is 0 Å². The lowest BCUT2D eigenvalue weighted by Crippen LogP contribution is -2.49. The van der Waals surface area contributed by atoms with Gasteiger partial charge in [0.25, 0.3) is 0 Å². The number of carbonyl (C=O) groups excluding carboxylic acids is 3. The van der Waals surface area contributed by atoms with Crippen LogP contribution in [0.3, 0.4) is 0 Å². The van der Waals surface area contributed by atoms with Crippen molar-refractivity contribution in [3.63, 3.8) is 0 Å². The van der Waals surface area contributed by atoms with E-state index in [9.17, 15) is 14.4 Å². The second-order valence-electron chi connectivity index (χ2n) is 5.77. The van der Waals surface area contributed by atoms with Crippen LogP contribution in [0.1, 0.15) is 26.3 Å². The van der Waals surface area contributed by atoms with Crippen LogP contribution in [0, 0.1) is 5.92 Å². The third-order valence-corrected chi connectivity index (χ3v) is 3.28. The van der Waals surface area contributed by atoms with Gasteiger partial charge in [0.05, 0.1) is 0 Å². The van der Waals surface area contributed by atoms with Crippen LogP contribution in [0.5, 0.6) is 0 Å². The van der Waals surface area contributed by atoms with E-state index in [0.29, 0.717) is 19.6 Å². The smallest absolute Gasteiger partial charge is 0.315 e. The van der Waals surface area contributed by atoms with Crippen LogP contribution in [-0.4, -0.2) is 37.0 Å². The van der Waals surface area contributed by atoms with Crippen LogP contribution in [0.25, 0.3) is 0 Å². The van der Waals surface area contributed by atoms with E-state index >= 15 is 0 Å². The minimum atomic E-state index is -0.654. The van der Waals surface area contributed by atoms with Crippen LogP contribution in [-0.2, 0) is 16.1 Å². The first-order chi connectivity index (χ1) is 11.4. The van der Waals surface area contributed by atoms with Gasteiger partial charge in [0, 0.05) is 25.6 Å². The van der Waals surface area contributed by atoms with Gasteiger partial charge in [0.1, 0.15) is 6.04 Å². The predicted molar refractivity (Wildman–Crippen MR) is 92.1 cm³/mol. The fraction of sp³-hybridized carbons (Fsp3) is 0.471. The zero-order valence-corrected chi connectivity index (χ0v) is 14.4. The van der Waals surface area contributed by atoms with Gasteiger partial charge in [-0.1, -0.05) is 44.2 Å². The summed E-state index contributed by atoms with van der Waals surface area (Å²) in [5.41, 5.74) is 0.989. The van der Waals surface area contributed by atoms with Crippen molar-refractivity contribution in [1.82, 2.24) is 21.3 Å². The van der Waals surface area contributed by atoms with Gasteiger partial charge >= 0.3 is 6.03 Å². The Bertz CT molecular complexity index is 546. The molecule has 1 rings (SSSR count). The molecule has 0 bridgehead atoms. The Morgan fingerprint density at radius 1 is 0.875 bits per heavy atom. The lowest BCUT2D eigenvalue weighted by molar-refractivity contribution is -0.124. The fourth-order valence-electron chi connectivity index (χ4n) is 1.82. The number of urea groups is 1. The Hall–Kier alpha value is -2.57. The van der Waals surface area contributed by atoms with Crippen molar-refractivity contribution in [3.05, 3.63) is 35.9 Å². The largest absolute Gasteiger partial charge is 0.354 e.